The van der Waals surface area contributed by atoms with Gasteiger partial charge in [-0.25, -0.2) is 13.2 Å². The minimum absolute atomic E-state index is 0.144. The Balaban J connectivity index is 1.96. The number of alkyl halides is 3. The van der Waals surface area contributed by atoms with Crippen LogP contribution in [0.15, 0.2) is 35.6 Å². The maximum absolute atomic E-state index is 14.2. The summed E-state index contributed by atoms with van der Waals surface area (Å²) in [5, 5.41) is 12.1. The predicted molar refractivity (Wildman–Crippen MR) is 92.8 cm³/mol. The van der Waals surface area contributed by atoms with Gasteiger partial charge >= 0.3 is 6.18 Å². The molecule has 0 aromatic heterocycles. The van der Waals surface area contributed by atoms with Crippen molar-refractivity contribution in [2.24, 2.45) is 0 Å². The molecule has 1 unspecified atom stereocenters. The Morgan fingerprint density at radius 3 is 2.26 bits per heavy atom. The largest absolute Gasteiger partial charge is 0.426 e. The van der Waals surface area contributed by atoms with E-state index in [1.807, 2.05) is 0 Å². The Morgan fingerprint density at radius 2 is 1.74 bits per heavy atom. The summed E-state index contributed by atoms with van der Waals surface area (Å²) >= 11 is 0. The van der Waals surface area contributed by atoms with Crippen LogP contribution >= 0.6 is 0 Å². The average Bonchev–Trinajstić information content (AvgIpc) is 3.41. The van der Waals surface area contributed by atoms with Gasteiger partial charge < -0.3 is 10.4 Å². The van der Waals surface area contributed by atoms with Gasteiger partial charge in [0.15, 0.2) is 11.6 Å². The van der Waals surface area contributed by atoms with Gasteiger partial charge in [0, 0.05) is 40.8 Å². The lowest BCUT2D eigenvalue weighted by Gasteiger charge is -2.33. The molecule has 1 saturated carbocycles. The van der Waals surface area contributed by atoms with Crippen LogP contribution in [0.3, 0.4) is 0 Å². The van der Waals surface area contributed by atoms with Crippen molar-refractivity contribution in [3.05, 3.63) is 58.6 Å². The van der Waals surface area contributed by atoms with E-state index in [9.17, 15) is 45.8 Å². The second-order valence-electron chi connectivity index (χ2n) is 7.64. The van der Waals surface area contributed by atoms with E-state index in [2.05, 4.69) is 0 Å². The number of amides is 1. The van der Waals surface area contributed by atoms with Crippen molar-refractivity contribution in [2.75, 3.05) is 0 Å². The summed E-state index contributed by atoms with van der Waals surface area (Å²) in [6, 6.07) is 0.750. The fourth-order valence-electron chi connectivity index (χ4n) is 3.48. The zero-order valence-electron chi connectivity index (χ0n) is 15.9. The molecule has 5 nitrogen and oxygen atoms in total. The van der Waals surface area contributed by atoms with Crippen molar-refractivity contribution in [2.45, 2.75) is 43.4 Å². The highest BCUT2D eigenvalue weighted by Crippen LogP contribution is 2.56. The van der Waals surface area contributed by atoms with Gasteiger partial charge in [0.05, 0.1) is 0 Å². The Labute approximate surface area is 171 Å². The van der Waals surface area contributed by atoms with Crippen LogP contribution < -0.4 is 5.32 Å². The summed E-state index contributed by atoms with van der Waals surface area (Å²) in [4.78, 5) is 35.4. The molecule has 11 heteroatoms. The van der Waals surface area contributed by atoms with Crippen LogP contribution in [0.5, 0.6) is 0 Å². The van der Waals surface area contributed by atoms with E-state index in [0.29, 0.717) is 12.1 Å². The van der Waals surface area contributed by atoms with Crippen LogP contribution in [0.25, 0.3) is 0 Å². The molecule has 3 rings (SSSR count). The normalized spacial score (nSPS) is 20.0. The molecule has 31 heavy (non-hydrogen) atoms. The highest BCUT2D eigenvalue weighted by atomic mass is 19.4. The summed E-state index contributed by atoms with van der Waals surface area (Å²) in [5.41, 5.74) is -7.22. The summed E-state index contributed by atoms with van der Waals surface area (Å²) < 4.78 is 82.6. The Hall–Kier alpha value is -2.95. The molecule has 1 atom stereocenters. The number of ketones is 2. The molecule has 0 bridgehead atoms. The number of halogens is 6. The van der Waals surface area contributed by atoms with E-state index in [1.165, 1.54) is 6.92 Å². The zero-order valence-corrected chi connectivity index (χ0v) is 15.9. The van der Waals surface area contributed by atoms with Crippen LogP contribution in [0.2, 0.25) is 0 Å². The summed E-state index contributed by atoms with van der Waals surface area (Å²) in [5.74, 6) is -8.39. The molecule has 0 radical (unpaired) electrons. The first kappa shape index (κ1) is 22.7. The number of allylic oxidation sites excluding steroid dienone is 3. The number of nitrogens with one attached hydrogen (secondary N) is 1. The fraction of sp³-hybridized carbons (Fsp3) is 0.350. The molecule has 2 N–H and O–H groups in total. The first-order chi connectivity index (χ1) is 14.2. The van der Waals surface area contributed by atoms with Gasteiger partial charge in [-0.1, -0.05) is 0 Å². The van der Waals surface area contributed by atoms with Gasteiger partial charge in [-0.15, -0.1) is 0 Å². The number of hydrogen-bond acceptors (Lipinski definition) is 4. The molecule has 0 heterocycles. The second-order valence-corrected chi connectivity index (χ2v) is 7.64. The second kappa shape index (κ2) is 7.33. The van der Waals surface area contributed by atoms with Gasteiger partial charge in [-0.05, 0) is 31.9 Å². The number of benzene rings is 1. The quantitative estimate of drug-likeness (QED) is 0.315. The van der Waals surface area contributed by atoms with Crippen molar-refractivity contribution in [3.8, 4) is 0 Å². The van der Waals surface area contributed by atoms with E-state index < -0.39 is 69.8 Å². The number of rotatable bonds is 5. The molecule has 0 spiro atoms. The molecule has 1 aromatic carbocycles. The van der Waals surface area contributed by atoms with Crippen molar-refractivity contribution in [3.63, 3.8) is 0 Å². The van der Waals surface area contributed by atoms with Crippen molar-refractivity contribution >= 4 is 17.5 Å². The summed E-state index contributed by atoms with van der Waals surface area (Å²) in [6.45, 7) is 1.20. The van der Waals surface area contributed by atoms with Crippen molar-refractivity contribution in [1.29, 1.82) is 0 Å². The lowest BCUT2D eigenvalue weighted by Crippen LogP contribution is -2.58. The molecular weight excluding hydrogens is 432 g/mol. The minimum Gasteiger partial charge on any atom is -0.373 e. The summed E-state index contributed by atoms with van der Waals surface area (Å²) in [7, 11) is 0. The smallest absolute Gasteiger partial charge is 0.373 e. The molecule has 1 amide bonds. The average molecular weight is 447 g/mol. The first-order valence-corrected chi connectivity index (χ1v) is 8.94. The molecular formula is C20H15F6NO4. The molecule has 2 aliphatic rings. The van der Waals surface area contributed by atoms with Crippen LogP contribution in [-0.4, -0.2) is 34.4 Å². The van der Waals surface area contributed by atoms with E-state index in [-0.39, 0.29) is 24.5 Å². The lowest BCUT2D eigenvalue weighted by molar-refractivity contribution is -0.255. The maximum Gasteiger partial charge on any atom is 0.426 e. The highest BCUT2D eigenvalue weighted by molar-refractivity contribution is 6.48. The maximum atomic E-state index is 14.2. The molecule has 0 aliphatic heterocycles. The van der Waals surface area contributed by atoms with Gasteiger partial charge in [0.25, 0.3) is 5.91 Å². The number of aliphatic hydroxyl groups is 1. The Bertz CT molecular complexity index is 1050. The van der Waals surface area contributed by atoms with Gasteiger partial charge in [0.1, 0.15) is 5.82 Å². The molecule has 166 valence electrons. The van der Waals surface area contributed by atoms with Crippen LogP contribution in [0.1, 0.15) is 31.7 Å². The first-order valence-electron chi connectivity index (χ1n) is 8.94. The van der Waals surface area contributed by atoms with Gasteiger partial charge in [0.2, 0.25) is 17.2 Å². The number of Topliss-reactive ketones (excluding diaryl/α,β-unsaturated/α-hetero) is 1. The van der Waals surface area contributed by atoms with E-state index in [4.69, 9.17) is 0 Å². The standard InChI is InChI=1S/C20H15F6NO4/c1-9-4-11(7-14(28)16(9)29)27-17(30)19(31,20(24,25)26)8-18(2-3-18)12-5-10(21)6-13(22)15(12)23/h4-7,31H,2-3,8H2,1H3,(H,27,30). The third kappa shape index (κ3) is 4.01. The minimum atomic E-state index is -5.55. The van der Waals surface area contributed by atoms with E-state index >= 15 is 0 Å². The molecule has 1 fully saturated rings. The molecule has 2 aliphatic carbocycles. The van der Waals surface area contributed by atoms with Gasteiger partial charge in [-0.3, -0.25) is 14.4 Å². The fourth-order valence-corrected chi connectivity index (χ4v) is 3.48. The molecule has 0 saturated heterocycles. The lowest BCUT2D eigenvalue weighted by atomic mass is 9.81. The third-order valence-corrected chi connectivity index (χ3v) is 5.36. The Morgan fingerprint density at radius 1 is 1.13 bits per heavy atom. The van der Waals surface area contributed by atoms with Gasteiger partial charge in [-0.2, -0.15) is 13.2 Å². The third-order valence-electron chi connectivity index (χ3n) is 5.36. The van der Waals surface area contributed by atoms with Crippen LogP contribution in [0, 0.1) is 17.5 Å². The summed E-state index contributed by atoms with van der Waals surface area (Å²) in [6.07, 6.45) is -5.73. The SMILES string of the molecule is CC1=CC(NC(=O)C(O)(CC2(c3cc(F)cc(F)c3F)CC2)C(F)(F)F)=CC(=O)C1=O. The monoisotopic (exact) mass is 447 g/mol. The topological polar surface area (TPSA) is 83.5 Å². The van der Waals surface area contributed by atoms with Crippen LogP contribution in [0.4, 0.5) is 26.3 Å². The van der Waals surface area contributed by atoms with E-state index in [0.717, 1.165) is 6.08 Å². The predicted octanol–water partition coefficient (Wildman–Crippen LogP) is 2.92. The van der Waals surface area contributed by atoms with Crippen LogP contribution in [-0.2, 0) is 19.8 Å². The number of carbonyl (C=O) groups excluding carboxylic acids is 3. The number of hydrogen-bond donors (Lipinski definition) is 2. The highest BCUT2D eigenvalue weighted by Gasteiger charge is 2.65. The van der Waals surface area contributed by atoms with Crippen molar-refractivity contribution < 1.29 is 45.8 Å². The number of carbonyl (C=O) groups is 3. The molecule has 1 aromatic rings. The zero-order chi connectivity index (χ0) is 23.4. The van der Waals surface area contributed by atoms with E-state index in [1.54, 1.807) is 5.32 Å². The van der Waals surface area contributed by atoms with Crippen molar-refractivity contribution in [1.82, 2.24) is 5.32 Å². The Kier molecular flexibility index (Phi) is 5.37.